The first-order chi connectivity index (χ1) is 16.7. The molecule has 0 aliphatic rings. The Balaban J connectivity index is 1.73. The summed E-state index contributed by atoms with van der Waals surface area (Å²) in [4.78, 5) is 25.6. The Morgan fingerprint density at radius 3 is 2.31 bits per heavy atom. The molecule has 2 aromatic heterocycles. The molecular formula is C26H30N6O3. The lowest BCUT2D eigenvalue weighted by Gasteiger charge is -2.21. The Bertz CT molecular complexity index is 1380. The fourth-order valence-corrected chi connectivity index (χ4v) is 4.38. The van der Waals surface area contributed by atoms with Crippen LogP contribution in [0.5, 0.6) is 0 Å². The molecule has 0 aliphatic heterocycles. The topological polar surface area (TPSA) is 119 Å². The number of carbonyl (C=O) groups is 1. The number of tetrazole rings is 1. The van der Waals surface area contributed by atoms with Gasteiger partial charge in [0.25, 0.3) is 0 Å². The van der Waals surface area contributed by atoms with Gasteiger partial charge in [0.2, 0.25) is 0 Å². The standard InChI is InChI=1S/C26H30N6O3/c1-5-6-11-21-22(24(33)34)32(26(2,3)4)25(35)31(21)16-17-12-14-18(15-13-17)19-9-7-8-10-20(19)23-27-29-30-28-23/h7-10,12-15H,5-6,11,16H2,1-4H3,(H,33,34)(H,27,28,29,30). The van der Waals surface area contributed by atoms with Crippen LogP contribution in [-0.4, -0.2) is 40.8 Å². The zero-order valence-corrected chi connectivity index (χ0v) is 20.4. The molecule has 182 valence electrons. The van der Waals surface area contributed by atoms with Gasteiger partial charge in [-0.15, -0.1) is 5.10 Å². The van der Waals surface area contributed by atoms with Crippen molar-refractivity contribution in [3.8, 4) is 22.5 Å². The number of benzene rings is 2. The fraction of sp³-hybridized carbons (Fsp3) is 0.346. The molecule has 0 amide bonds. The maximum Gasteiger partial charge on any atom is 0.354 e. The van der Waals surface area contributed by atoms with E-state index in [-0.39, 0.29) is 11.4 Å². The van der Waals surface area contributed by atoms with E-state index in [0.29, 0.717) is 24.5 Å². The Kier molecular flexibility index (Phi) is 6.68. The van der Waals surface area contributed by atoms with Gasteiger partial charge in [-0.2, -0.15) is 0 Å². The van der Waals surface area contributed by atoms with Gasteiger partial charge in [-0.05, 0) is 60.7 Å². The van der Waals surface area contributed by atoms with Crippen molar-refractivity contribution in [1.29, 1.82) is 0 Å². The lowest BCUT2D eigenvalue weighted by atomic mass is 9.98. The van der Waals surface area contributed by atoms with Crippen molar-refractivity contribution >= 4 is 5.97 Å². The molecule has 9 heteroatoms. The van der Waals surface area contributed by atoms with Gasteiger partial charge >= 0.3 is 11.7 Å². The normalized spacial score (nSPS) is 11.7. The Morgan fingerprint density at radius 2 is 1.74 bits per heavy atom. The summed E-state index contributed by atoms with van der Waals surface area (Å²) in [6.07, 6.45) is 2.25. The lowest BCUT2D eigenvalue weighted by molar-refractivity contribution is 0.0676. The molecule has 0 saturated carbocycles. The van der Waals surface area contributed by atoms with E-state index in [9.17, 15) is 14.7 Å². The summed E-state index contributed by atoms with van der Waals surface area (Å²) < 4.78 is 3.03. The molecule has 4 aromatic rings. The molecule has 0 atom stereocenters. The molecule has 35 heavy (non-hydrogen) atoms. The first kappa shape index (κ1) is 24.1. The summed E-state index contributed by atoms with van der Waals surface area (Å²) in [7, 11) is 0. The van der Waals surface area contributed by atoms with Gasteiger partial charge in [0.05, 0.1) is 12.2 Å². The number of unbranched alkanes of at least 4 members (excludes halogenated alkanes) is 1. The largest absolute Gasteiger partial charge is 0.477 e. The highest BCUT2D eigenvalue weighted by atomic mass is 16.4. The summed E-state index contributed by atoms with van der Waals surface area (Å²) in [6, 6.07) is 15.8. The molecule has 0 saturated heterocycles. The van der Waals surface area contributed by atoms with Gasteiger partial charge in [0.1, 0.15) is 0 Å². The maximum atomic E-state index is 13.4. The summed E-state index contributed by atoms with van der Waals surface area (Å²) in [5, 5.41) is 24.2. The first-order valence-electron chi connectivity index (χ1n) is 11.7. The minimum atomic E-state index is -1.07. The van der Waals surface area contributed by atoms with E-state index in [2.05, 4.69) is 27.5 Å². The van der Waals surface area contributed by atoms with Crippen LogP contribution in [0.25, 0.3) is 22.5 Å². The fourth-order valence-electron chi connectivity index (χ4n) is 4.38. The van der Waals surface area contributed by atoms with Crippen LogP contribution in [0.4, 0.5) is 0 Å². The number of aromatic nitrogens is 6. The van der Waals surface area contributed by atoms with Crippen molar-refractivity contribution in [3.63, 3.8) is 0 Å². The highest BCUT2D eigenvalue weighted by Gasteiger charge is 2.30. The predicted octanol–water partition coefficient (Wildman–Crippen LogP) is 4.34. The van der Waals surface area contributed by atoms with Crippen molar-refractivity contribution in [2.75, 3.05) is 0 Å². The Morgan fingerprint density at radius 1 is 1.06 bits per heavy atom. The van der Waals surface area contributed by atoms with E-state index in [1.807, 2.05) is 69.3 Å². The van der Waals surface area contributed by atoms with E-state index in [1.165, 1.54) is 4.57 Å². The number of hydrogen-bond donors (Lipinski definition) is 2. The number of hydrogen-bond acceptors (Lipinski definition) is 5. The molecule has 9 nitrogen and oxygen atoms in total. The smallest absolute Gasteiger partial charge is 0.354 e. The third-order valence-electron chi connectivity index (χ3n) is 6.02. The van der Waals surface area contributed by atoms with E-state index in [0.717, 1.165) is 35.1 Å². The van der Waals surface area contributed by atoms with E-state index < -0.39 is 11.5 Å². The minimum absolute atomic E-state index is 0.0853. The van der Waals surface area contributed by atoms with Crippen LogP contribution in [0.2, 0.25) is 0 Å². The second-order valence-electron chi connectivity index (χ2n) is 9.57. The van der Waals surface area contributed by atoms with Gasteiger partial charge in [0, 0.05) is 11.1 Å². The van der Waals surface area contributed by atoms with Crippen molar-refractivity contribution < 1.29 is 9.90 Å². The Labute approximate surface area is 203 Å². The minimum Gasteiger partial charge on any atom is -0.477 e. The third kappa shape index (κ3) is 4.80. The van der Waals surface area contributed by atoms with Gasteiger partial charge in [-0.3, -0.25) is 9.13 Å². The van der Waals surface area contributed by atoms with Gasteiger partial charge in [-0.1, -0.05) is 61.9 Å². The van der Waals surface area contributed by atoms with Gasteiger partial charge in [-0.25, -0.2) is 14.7 Å². The summed E-state index contributed by atoms with van der Waals surface area (Å²) in [5.74, 6) is -0.489. The van der Waals surface area contributed by atoms with Crippen LogP contribution in [0.15, 0.2) is 53.3 Å². The summed E-state index contributed by atoms with van der Waals surface area (Å²) in [6.45, 7) is 7.91. The number of imidazole rings is 1. The van der Waals surface area contributed by atoms with Crippen LogP contribution in [0, 0.1) is 0 Å². The van der Waals surface area contributed by atoms with Gasteiger partial charge in [0.15, 0.2) is 11.5 Å². The van der Waals surface area contributed by atoms with Crippen molar-refractivity contribution in [3.05, 3.63) is 76.0 Å². The van der Waals surface area contributed by atoms with Crippen LogP contribution in [0.3, 0.4) is 0 Å². The van der Waals surface area contributed by atoms with Crippen LogP contribution >= 0.6 is 0 Å². The number of carboxylic acids is 1. The maximum absolute atomic E-state index is 13.4. The number of aromatic carboxylic acids is 1. The first-order valence-corrected chi connectivity index (χ1v) is 11.7. The molecule has 0 radical (unpaired) electrons. The molecule has 0 aliphatic carbocycles. The monoisotopic (exact) mass is 474 g/mol. The molecule has 2 heterocycles. The average molecular weight is 475 g/mol. The molecule has 0 unspecified atom stereocenters. The number of nitrogens with one attached hydrogen (secondary N) is 1. The van der Waals surface area contributed by atoms with E-state index in [1.54, 1.807) is 4.57 Å². The number of aromatic amines is 1. The molecule has 0 spiro atoms. The molecule has 0 fully saturated rings. The number of H-pyrrole nitrogens is 1. The van der Waals surface area contributed by atoms with Gasteiger partial charge < -0.3 is 5.11 Å². The number of nitrogens with zero attached hydrogens (tertiary/aromatic N) is 5. The van der Waals surface area contributed by atoms with Crippen LogP contribution in [0.1, 0.15) is 62.3 Å². The lowest BCUT2D eigenvalue weighted by Crippen LogP contribution is -2.37. The van der Waals surface area contributed by atoms with E-state index in [4.69, 9.17) is 0 Å². The predicted molar refractivity (Wildman–Crippen MR) is 133 cm³/mol. The molecular weight excluding hydrogens is 444 g/mol. The SMILES string of the molecule is CCCCc1c(C(=O)O)n(C(C)(C)C)c(=O)n1Cc1ccc(-c2ccccc2-c2nnn[nH]2)cc1. The molecule has 2 N–H and O–H groups in total. The highest BCUT2D eigenvalue weighted by Crippen LogP contribution is 2.30. The zero-order chi connectivity index (χ0) is 25.2. The summed E-state index contributed by atoms with van der Waals surface area (Å²) >= 11 is 0. The second kappa shape index (κ2) is 9.69. The molecule has 4 rings (SSSR count). The van der Waals surface area contributed by atoms with Crippen LogP contribution < -0.4 is 5.69 Å². The second-order valence-corrected chi connectivity index (χ2v) is 9.57. The van der Waals surface area contributed by atoms with Crippen molar-refractivity contribution in [2.45, 2.75) is 59.0 Å². The highest BCUT2D eigenvalue weighted by molar-refractivity contribution is 5.87. The average Bonchev–Trinajstić information content (AvgIpc) is 3.45. The third-order valence-corrected chi connectivity index (χ3v) is 6.02. The zero-order valence-electron chi connectivity index (χ0n) is 20.4. The molecule has 0 bridgehead atoms. The number of rotatable bonds is 8. The van der Waals surface area contributed by atoms with Crippen LogP contribution in [-0.2, 0) is 18.5 Å². The van der Waals surface area contributed by atoms with E-state index >= 15 is 0 Å². The number of carboxylic acid groups (broad SMARTS) is 1. The van der Waals surface area contributed by atoms with Crippen molar-refractivity contribution in [1.82, 2.24) is 29.8 Å². The van der Waals surface area contributed by atoms with Crippen molar-refractivity contribution in [2.24, 2.45) is 0 Å². The Hall–Kier alpha value is -4.01. The molecule has 2 aromatic carbocycles. The quantitative estimate of drug-likeness (QED) is 0.392. The summed E-state index contributed by atoms with van der Waals surface area (Å²) in [5.41, 5.74) is 3.47.